The van der Waals surface area contributed by atoms with Crippen LogP contribution in [0.25, 0.3) is 0 Å². The second kappa shape index (κ2) is 7.92. The van der Waals surface area contributed by atoms with Gasteiger partial charge in [-0.25, -0.2) is 0 Å². The van der Waals surface area contributed by atoms with Gasteiger partial charge in [0.15, 0.2) is 0 Å². The second-order valence-electron chi connectivity index (χ2n) is 4.61. The van der Waals surface area contributed by atoms with Gasteiger partial charge in [0.1, 0.15) is 0 Å². The number of nitrogens with zero attached hydrogens (tertiary/aromatic N) is 2. The molecule has 104 valence electrons. The summed E-state index contributed by atoms with van der Waals surface area (Å²) in [5, 5.41) is 7.93. The Morgan fingerprint density at radius 2 is 2.22 bits per heavy atom. The van der Waals surface area contributed by atoms with Crippen LogP contribution in [0.5, 0.6) is 0 Å². The van der Waals surface area contributed by atoms with Crippen molar-refractivity contribution >= 4 is 15.9 Å². The minimum Gasteiger partial charge on any atom is -0.383 e. The lowest BCUT2D eigenvalue weighted by Gasteiger charge is -2.17. The molecule has 0 aromatic carbocycles. The Labute approximate surface area is 118 Å². The number of methoxy groups -OCH3 is 1. The van der Waals surface area contributed by atoms with Gasteiger partial charge in [-0.3, -0.25) is 4.68 Å². The van der Waals surface area contributed by atoms with Crippen LogP contribution in [0.1, 0.15) is 31.2 Å². The summed E-state index contributed by atoms with van der Waals surface area (Å²) < 4.78 is 8.36. The number of ether oxygens (including phenoxy) is 1. The van der Waals surface area contributed by atoms with E-state index in [2.05, 4.69) is 33.3 Å². The monoisotopic (exact) mass is 317 g/mol. The highest BCUT2D eigenvalue weighted by Gasteiger charge is 2.13. The molecule has 18 heavy (non-hydrogen) atoms. The highest BCUT2D eigenvalue weighted by molar-refractivity contribution is 9.10. The van der Waals surface area contributed by atoms with E-state index in [1.807, 2.05) is 18.7 Å². The van der Waals surface area contributed by atoms with Crippen LogP contribution >= 0.6 is 15.9 Å². The SMILES string of the molecule is CCCNC(CCc1c(Br)c(C)nn1C)COC. The van der Waals surface area contributed by atoms with Gasteiger partial charge in [0.25, 0.3) is 0 Å². The van der Waals surface area contributed by atoms with Crippen LogP contribution in [0.3, 0.4) is 0 Å². The third-order valence-electron chi connectivity index (χ3n) is 3.04. The molecule has 1 unspecified atom stereocenters. The van der Waals surface area contributed by atoms with Crippen LogP contribution in [0, 0.1) is 6.92 Å². The first-order chi connectivity index (χ1) is 8.60. The van der Waals surface area contributed by atoms with Gasteiger partial charge in [0, 0.05) is 20.2 Å². The van der Waals surface area contributed by atoms with Crippen LogP contribution in [-0.4, -0.2) is 36.1 Å². The smallest absolute Gasteiger partial charge is 0.0738 e. The van der Waals surface area contributed by atoms with E-state index in [0.29, 0.717) is 6.04 Å². The van der Waals surface area contributed by atoms with Gasteiger partial charge in [-0.05, 0) is 48.7 Å². The molecule has 0 radical (unpaired) electrons. The number of halogens is 1. The summed E-state index contributed by atoms with van der Waals surface area (Å²) >= 11 is 3.61. The number of aryl methyl sites for hydroxylation is 2. The van der Waals surface area contributed by atoms with Crippen molar-refractivity contribution in [3.63, 3.8) is 0 Å². The van der Waals surface area contributed by atoms with Gasteiger partial charge in [-0.15, -0.1) is 0 Å². The predicted molar refractivity (Wildman–Crippen MR) is 77.9 cm³/mol. The summed E-state index contributed by atoms with van der Waals surface area (Å²) in [5.41, 5.74) is 2.31. The summed E-state index contributed by atoms with van der Waals surface area (Å²) in [5.74, 6) is 0. The van der Waals surface area contributed by atoms with Gasteiger partial charge in [-0.1, -0.05) is 6.92 Å². The molecule has 0 fully saturated rings. The fraction of sp³-hybridized carbons (Fsp3) is 0.769. The molecule has 0 saturated carbocycles. The standard InChI is InChI=1S/C13H24BrN3O/c1-5-8-15-11(9-18-4)6-7-12-13(14)10(2)16-17(12)3/h11,15H,5-9H2,1-4H3. The van der Waals surface area contributed by atoms with Crippen molar-refractivity contribution in [1.29, 1.82) is 0 Å². The van der Waals surface area contributed by atoms with E-state index in [1.54, 1.807) is 7.11 Å². The maximum Gasteiger partial charge on any atom is 0.0738 e. The van der Waals surface area contributed by atoms with E-state index in [0.717, 1.165) is 42.6 Å². The first-order valence-corrected chi connectivity index (χ1v) is 7.29. The minimum absolute atomic E-state index is 0.414. The number of rotatable bonds is 8. The maximum atomic E-state index is 5.26. The average Bonchev–Trinajstić information content (AvgIpc) is 2.58. The molecular weight excluding hydrogens is 294 g/mol. The second-order valence-corrected chi connectivity index (χ2v) is 5.41. The van der Waals surface area contributed by atoms with Gasteiger partial charge in [0.05, 0.1) is 22.5 Å². The van der Waals surface area contributed by atoms with E-state index in [1.165, 1.54) is 5.69 Å². The molecule has 5 heteroatoms. The highest BCUT2D eigenvalue weighted by atomic mass is 79.9. The normalized spacial score (nSPS) is 12.9. The van der Waals surface area contributed by atoms with Crippen molar-refractivity contribution in [2.45, 2.75) is 39.2 Å². The van der Waals surface area contributed by atoms with Gasteiger partial charge >= 0.3 is 0 Å². The van der Waals surface area contributed by atoms with Crippen LogP contribution in [0.2, 0.25) is 0 Å². The van der Waals surface area contributed by atoms with Crippen molar-refractivity contribution in [2.75, 3.05) is 20.3 Å². The van der Waals surface area contributed by atoms with Crippen LogP contribution in [0.4, 0.5) is 0 Å². The Morgan fingerprint density at radius 3 is 2.72 bits per heavy atom. The molecule has 1 N–H and O–H groups in total. The first kappa shape index (κ1) is 15.7. The maximum absolute atomic E-state index is 5.26. The third-order valence-corrected chi connectivity index (χ3v) is 4.07. The van der Waals surface area contributed by atoms with Crippen LogP contribution in [0.15, 0.2) is 4.47 Å². The molecule has 0 aliphatic carbocycles. The van der Waals surface area contributed by atoms with E-state index < -0.39 is 0 Å². The lowest BCUT2D eigenvalue weighted by atomic mass is 10.1. The summed E-state index contributed by atoms with van der Waals surface area (Å²) in [7, 11) is 3.75. The highest BCUT2D eigenvalue weighted by Crippen LogP contribution is 2.21. The molecule has 0 spiro atoms. The zero-order valence-electron chi connectivity index (χ0n) is 11.8. The fourth-order valence-corrected chi connectivity index (χ4v) is 2.59. The number of hydrogen-bond acceptors (Lipinski definition) is 3. The Hall–Kier alpha value is -0.390. The van der Waals surface area contributed by atoms with Gasteiger partial charge < -0.3 is 10.1 Å². The van der Waals surface area contributed by atoms with E-state index in [4.69, 9.17) is 4.74 Å². The summed E-state index contributed by atoms with van der Waals surface area (Å²) in [6.45, 7) is 6.00. The zero-order valence-corrected chi connectivity index (χ0v) is 13.4. The van der Waals surface area contributed by atoms with Crippen molar-refractivity contribution in [3.8, 4) is 0 Å². The lowest BCUT2D eigenvalue weighted by molar-refractivity contribution is 0.162. The molecule has 1 aromatic heterocycles. The molecule has 0 aliphatic rings. The van der Waals surface area contributed by atoms with Crippen molar-refractivity contribution in [3.05, 3.63) is 15.9 Å². The fourth-order valence-electron chi connectivity index (χ4n) is 2.06. The van der Waals surface area contributed by atoms with E-state index >= 15 is 0 Å². The number of nitrogens with one attached hydrogen (secondary N) is 1. The third kappa shape index (κ3) is 4.37. The van der Waals surface area contributed by atoms with Crippen LogP contribution < -0.4 is 5.32 Å². The number of aromatic nitrogens is 2. The van der Waals surface area contributed by atoms with Gasteiger partial charge in [-0.2, -0.15) is 5.10 Å². The van der Waals surface area contributed by atoms with Crippen molar-refractivity contribution in [1.82, 2.24) is 15.1 Å². The quantitative estimate of drug-likeness (QED) is 0.800. The summed E-state index contributed by atoms with van der Waals surface area (Å²) in [6.07, 6.45) is 3.21. The van der Waals surface area contributed by atoms with Crippen molar-refractivity contribution in [2.24, 2.45) is 7.05 Å². The largest absolute Gasteiger partial charge is 0.383 e. The Morgan fingerprint density at radius 1 is 1.50 bits per heavy atom. The molecule has 0 aliphatic heterocycles. The lowest BCUT2D eigenvalue weighted by Crippen LogP contribution is -2.34. The van der Waals surface area contributed by atoms with Crippen LogP contribution in [-0.2, 0) is 18.2 Å². The molecular formula is C13H24BrN3O. The average molecular weight is 318 g/mol. The Balaban J connectivity index is 2.55. The summed E-state index contributed by atoms with van der Waals surface area (Å²) in [4.78, 5) is 0. The summed E-state index contributed by atoms with van der Waals surface area (Å²) in [6, 6.07) is 0.414. The molecule has 0 bridgehead atoms. The van der Waals surface area contributed by atoms with Gasteiger partial charge in [0.2, 0.25) is 0 Å². The molecule has 0 saturated heterocycles. The topological polar surface area (TPSA) is 39.1 Å². The van der Waals surface area contributed by atoms with E-state index in [-0.39, 0.29) is 0 Å². The predicted octanol–water partition coefficient (Wildman–Crippen LogP) is 2.44. The zero-order chi connectivity index (χ0) is 13.5. The molecule has 4 nitrogen and oxygen atoms in total. The first-order valence-electron chi connectivity index (χ1n) is 6.50. The molecule has 1 atom stereocenters. The molecule has 1 heterocycles. The minimum atomic E-state index is 0.414. The number of hydrogen-bond donors (Lipinski definition) is 1. The van der Waals surface area contributed by atoms with E-state index in [9.17, 15) is 0 Å². The molecule has 0 amide bonds. The van der Waals surface area contributed by atoms with Crippen molar-refractivity contribution < 1.29 is 4.74 Å². The molecule has 1 aromatic rings. The Bertz CT molecular complexity index is 365. The Kier molecular flexibility index (Phi) is 6.89. The molecule has 1 rings (SSSR count).